The summed E-state index contributed by atoms with van der Waals surface area (Å²) < 4.78 is 71.7. The predicted molar refractivity (Wildman–Crippen MR) is 135 cm³/mol. The Morgan fingerprint density at radius 3 is 2.43 bits per heavy atom. The largest absolute Gasteiger partial charge is 0.294 e. The second-order valence-electron chi connectivity index (χ2n) is 9.11. The average Bonchev–Trinajstić information content (AvgIpc) is 2.82. The number of hydrogen-bond acceptors (Lipinski definition) is 5. The van der Waals surface area contributed by atoms with Crippen molar-refractivity contribution in [1.29, 1.82) is 0 Å². The van der Waals surface area contributed by atoms with E-state index in [0.29, 0.717) is 10.9 Å². The van der Waals surface area contributed by atoms with E-state index in [9.17, 15) is 22.0 Å². The Kier molecular flexibility index (Phi) is 6.87. The quantitative estimate of drug-likeness (QED) is 0.311. The van der Waals surface area contributed by atoms with E-state index >= 15 is 4.39 Å². The maximum Gasteiger partial charge on any atom is 0.264 e. The zero-order chi connectivity index (χ0) is 27.1. The van der Waals surface area contributed by atoms with Gasteiger partial charge in [0.25, 0.3) is 10.0 Å². The van der Waals surface area contributed by atoms with Gasteiger partial charge in [-0.2, -0.15) is 0 Å². The van der Waals surface area contributed by atoms with Gasteiger partial charge in [-0.25, -0.2) is 31.6 Å². The summed E-state index contributed by atoms with van der Waals surface area (Å²) in [7, 11) is -4.59. The van der Waals surface area contributed by atoms with Gasteiger partial charge in [0.05, 0.1) is 21.8 Å². The van der Waals surface area contributed by atoms with Crippen molar-refractivity contribution in [3.63, 3.8) is 0 Å². The van der Waals surface area contributed by atoms with Gasteiger partial charge in [0, 0.05) is 17.0 Å². The van der Waals surface area contributed by atoms with E-state index < -0.39 is 54.1 Å². The molecule has 0 fully saturated rings. The van der Waals surface area contributed by atoms with Crippen molar-refractivity contribution in [3.8, 4) is 11.1 Å². The summed E-state index contributed by atoms with van der Waals surface area (Å²) in [4.78, 5) is 19.7. The summed E-state index contributed by atoms with van der Waals surface area (Å²) in [6.07, 6.45) is 1.38. The molecule has 1 amide bonds. The number of aromatic nitrogens is 2. The summed E-state index contributed by atoms with van der Waals surface area (Å²) >= 11 is 5.66. The Morgan fingerprint density at radius 2 is 1.73 bits per heavy atom. The maximum atomic E-state index is 15.4. The molecule has 37 heavy (non-hydrogen) atoms. The molecule has 0 aliphatic carbocycles. The Balaban J connectivity index is 1.70. The molecule has 1 aromatic heterocycles. The molecule has 0 bridgehead atoms. The molecule has 2 N–H and O–H groups in total. The number of amides is 1. The number of hydrogen-bond donors (Lipinski definition) is 2. The number of carbonyl (C=O) groups excluding carboxylic acids is 1. The number of halogens is 4. The van der Waals surface area contributed by atoms with Gasteiger partial charge in [-0.1, -0.05) is 44.5 Å². The number of nitrogens with zero attached hydrogens (tertiary/aromatic N) is 2. The first-order chi connectivity index (χ1) is 17.3. The van der Waals surface area contributed by atoms with Gasteiger partial charge in [-0.05, 0) is 42.0 Å². The zero-order valence-corrected chi connectivity index (χ0v) is 21.3. The first-order valence-corrected chi connectivity index (χ1v) is 12.7. The topological polar surface area (TPSA) is 101 Å². The third-order valence-electron chi connectivity index (χ3n) is 5.32. The van der Waals surface area contributed by atoms with E-state index in [2.05, 4.69) is 15.3 Å². The minimum atomic E-state index is -4.59. The van der Waals surface area contributed by atoms with Gasteiger partial charge in [0.2, 0.25) is 11.9 Å². The van der Waals surface area contributed by atoms with Crippen molar-refractivity contribution in [2.45, 2.75) is 25.7 Å². The lowest BCUT2D eigenvalue weighted by atomic mass is 9.96. The van der Waals surface area contributed by atoms with E-state index in [1.165, 1.54) is 30.5 Å². The van der Waals surface area contributed by atoms with E-state index in [1.54, 1.807) is 20.8 Å². The highest BCUT2D eigenvalue weighted by molar-refractivity contribution is 7.92. The van der Waals surface area contributed by atoms with Crippen LogP contribution in [0.2, 0.25) is 5.02 Å². The predicted octanol–water partition coefficient (Wildman–Crippen LogP) is 6.15. The van der Waals surface area contributed by atoms with E-state index in [0.717, 1.165) is 24.3 Å². The smallest absolute Gasteiger partial charge is 0.264 e. The molecule has 3 aromatic carbocycles. The van der Waals surface area contributed by atoms with Crippen molar-refractivity contribution in [2.75, 3.05) is 10.0 Å². The van der Waals surface area contributed by atoms with Crippen LogP contribution in [-0.2, 0) is 14.8 Å². The van der Waals surface area contributed by atoms with Crippen molar-refractivity contribution in [3.05, 3.63) is 77.2 Å². The number of nitrogens with one attached hydrogen (secondary N) is 2. The lowest BCUT2D eigenvalue weighted by Crippen LogP contribution is -2.28. The number of anilines is 2. The van der Waals surface area contributed by atoms with Crippen LogP contribution in [0.15, 0.2) is 59.6 Å². The molecule has 0 unspecified atom stereocenters. The van der Waals surface area contributed by atoms with Crippen LogP contribution in [0.4, 0.5) is 24.8 Å². The van der Waals surface area contributed by atoms with Gasteiger partial charge < -0.3 is 0 Å². The SMILES string of the molecule is CC(C)(C)C(=O)Nc1ncc2cc(-c3c(F)ccc(NS(=O)(=O)c4cccc(Cl)c4F)c3F)ccc2n1. The Labute approximate surface area is 215 Å². The second kappa shape index (κ2) is 9.64. The average molecular weight is 549 g/mol. The van der Waals surface area contributed by atoms with Crippen LogP contribution in [-0.4, -0.2) is 24.3 Å². The molecule has 4 rings (SSSR count). The monoisotopic (exact) mass is 548 g/mol. The number of carbonyl (C=O) groups is 1. The van der Waals surface area contributed by atoms with E-state index in [4.69, 9.17) is 11.6 Å². The standard InChI is InChI=1S/C25H20ClF3N4O3S/c1-25(2,3)23(34)32-24-30-12-14-11-13(7-9-17(14)31-24)20-16(27)8-10-18(22(20)29)33-37(35,36)19-6-4-5-15(26)21(19)28/h4-12,33H,1-3H3,(H,30,31,32,34). The normalized spacial score (nSPS) is 12.0. The summed E-state index contributed by atoms with van der Waals surface area (Å²) in [6, 6.07) is 9.42. The van der Waals surface area contributed by atoms with Crippen LogP contribution in [0.3, 0.4) is 0 Å². The summed E-state index contributed by atoms with van der Waals surface area (Å²) in [5.41, 5.74) is -1.29. The highest BCUT2D eigenvalue weighted by Gasteiger charge is 2.25. The molecular weight excluding hydrogens is 529 g/mol. The van der Waals surface area contributed by atoms with Crippen LogP contribution < -0.4 is 10.0 Å². The second-order valence-corrected chi connectivity index (χ2v) is 11.2. The van der Waals surface area contributed by atoms with Gasteiger partial charge in [-0.3, -0.25) is 14.8 Å². The Bertz CT molecular complexity index is 1660. The molecule has 12 heteroatoms. The number of benzene rings is 3. The molecule has 0 saturated heterocycles. The zero-order valence-electron chi connectivity index (χ0n) is 19.7. The Morgan fingerprint density at radius 1 is 1.00 bits per heavy atom. The lowest BCUT2D eigenvalue weighted by molar-refractivity contribution is -0.123. The molecule has 7 nitrogen and oxygen atoms in total. The molecule has 0 atom stereocenters. The lowest BCUT2D eigenvalue weighted by Gasteiger charge is -2.16. The molecule has 0 aliphatic heterocycles. The molecule has 192 valence electrons. The maximum absolute atomic E-state index is 15.4. The fourth-order valence-corrected chi connectivity index (χ4v) is 4.72. The third-order valence-corrected chi connectivity index (χ3v) is 6.99. The van der Waals surface area contributed by atoms with Crippen molar-refractivity contribution in [1.82, 2.24) is 9.97 Å². The first kappa shape index (κ1) is 26.4. The minimum Gasteiger partial charge on any atom is -0.294 e. The van der Waals surface area contributed by atoms with Crippen molar-refractivity contribution >= 4 is 50.1 Å². The van der Waals surface area contributed by atoms with Gasteiger partial charge in [-0.15, -0.1) is 0 Å². The Hall–Kier alpha value is -3.70. The fourth-order valence-electron chi connectivity index (χ4n) is 3.33. The van der Waals surface area contributed by atoms with Crippen LogP contribution in [0.5, 0.6) is 0 Å². The van der Waals surface area contributed by atoms with E-state index in [-0.39, 0.29) is 17.4 Å². The molecule has 0 aliphatic rings. The minimum absolute atomic E-state index is 0.0715. The highest BCUT2D eigenvalue weighted by Crippen LogP contribution is 2.34. The van der Waals surface area contributed by atoms with Crippen molar-refractivity contribution in [2.24, 2.45) is 5.41 Å². The highest BCUT2D eigenvalue weighted by atomic mass is 35.5. The first-order valence-electron chi connectivity index (χ1n) is 10.8. The van der Waals surface area contributed by atoms with Crippen LogP contribution in [0, 0.1) is 22.9 Å². The van der Waals surface area contributed by atoms with Crippen LogP contribution >= 0.6 is 11.6 Å². The summed E-state index contributed by atoms with van der Waals surface area (Å²) in [5.74, 6) is -3.58. The number of sulfonamides is 1. The van der Waals surface area contributed by atoms with Gasteiger partial charge >= 0.3 is 0 Å². The van der Waals surface area contributed by atoms with Crippen LogP contribution in [0.1, 0.15) is 20.8 Å². The molecule has 4 aromatic rings. The van der Waals surface area contributed by atoms with Crippen LogP contribution in [0.25, 0.3) is 22.0 Å². The molecule has 0 radical (unpaired) electrons. The molecule has 0 saturated carbocycles. The fraction of sp³-hybridized carbons (Fsp3) is 0.160. The van der Waals surface area contributed by atoms with Gasteiger partial charge in [0.15, 0.2) is 11.6 Å². The molecule has 0 spiro atoms. The summed E-state index contributed by atoms with van der Waals surface area (Å²) in [6.45, 7) is 5.20. The van der Waals surface area contributed by atoms with E-state index in [1.807, 2.05) is 4.72 Å². The number of fused-ring (bicyclic) bond motifs is 1. The third kappa shape index (κ3) is 5.37. The summed E-state index contributed by atoms with van der Waals surface area (Å²) in [5, 5.41) is 2.59. The van der Waals surface area contributed by atoms with Gasteiger partial charge in [0.1, 0.15) is 10.7 Å². The number of rotatable bonds is 5. The molecule has 1 heterocycles. The van der Waals surface area contributed by atoms with Crippen molar-refractivity contribution < 1.29 is 26.4 Å². The molecular formula is C25H20ClF3N4O3S.